The molecule has 2 N–H and O–H groups in total. The van der Waals surface area contributed by atoms with Crippen molar-refractivity contribution in [1.29, 1.82) is 0 Å². The number of aryl methyl sites for hydroxylation is 3. The molecule has 1 atom stereocenters. The minimum atomic E-state index is 0.218. The van der Waals surface area contributed by atoms with Gasteiger partial charge in [0.2, 0.25) is 0 Å². The lowest BCUT2D eigenvalue weighted by molar-refractivity contribution is -0.0660. The van der Waals surface area contributed by atoms with E-state index in [-0.39, 0.29) is 11.5 Å². The molecule has 1 heterocycles. The quantitative estimate of drug-likeness (QED) is 0.887. The minimum Gasteiger partial charge on any atom is -0.379 e. The van der Waals surface area contributed by atoms with Gasteiger partial charge in [-0.15, -0.1) is 0 Å². The molecule has 1 unspecified atom stereocenters. The van der Waals surface area contributed by atoms with Crippen LogP contribution >= 0.6 is 0 Å². The number of nitrogens with two attached hydrogens (primary N) is 1. The molecule has 1 fully saturated rings. The fourth-order valence-corrected chi connectivity index (χ4v) is 2.82. The topological polar surface area (TPSA) is 35.2 Å². The molecule has 1 aliphatic heterocycles. The molecular formula is C16H25NO. The molecule has 0 amide bonds. The Kier molecular flexibility index (Phi) is 3.79. The molecule has 0 bridgehead atoms. The summed E-state index contributed by atoms with van der Waals surface area (Å²) in [7, 11) is 0. The summed E-state index contributed by atoms with van der Waals surface area (Å²) in [6, 6.07) is 4.93. The summed E-state index contributed by atoms with van der Waals surface area (Å²) in [5, 5.41) is 0. The summed E-state index contributed by atoms with van der Waals surface area (Å²) >= 11 is 0. The summed E-state index contributed by atoms with van der Waals surface area (Å²) in [5.41, 5.74) is 11.7. The zero-order valence-electron chi connectivity index (χ0n) is 12.0. The molecule has 0 saturated carbocycles. The van der Waals surface area contributed by atoms with Crippen LogP contribution in [0.1, 0.15) is 42.0 Å². The third kappa shape index (κ3) is 2.45. The van der Waals surface area contributed by atoms with E-state index in [4.69, 9.17) is 10.5 Å². The zero-order chi connectivity index (χ0) is 13.3. The predicted molar refractivity (Wildman–Crippen MR) is 76.0 cm³/mol. The van der Waals surface area contributed by atoms with Crippen LogP contribution in [0.2, 0.25) is 0 Å². The second-order valence-corrected chi connectivity index (χ2v) is 6.04. The van der Waals surface area contributed by atoms with Crippen LogP contribution in [0.15, 0.2) is 12.1 Å². The highest BCUT2D eigenvalue weighted by Crippen LogP contribution is 2.39. The first-order valence-electron chi connectivity index (χ1n) is 6.86. The maximum atomic E-state index is 5.91. The van der Waals surface area contributed by atoms with Gasteiger partial charge in [-0.1, -0.05) is 12.1 Å². The Balaban J connectivity index is 2.30. The van der Waals surface area contributed by atoms with Crippen molar-refractivity contribution < 1.29 is 4.74 Å². The van der Waals surface area contributed by atoms with Crippen LogP contribution in [-0.2, 0) is 10.2 Å². The van der Waals surface area contributed by atoms with Crippen molar-refractivity contribution in [2.24, 2.45) is 5.73 Å². The van der Waals surface area contributed by atoms with Crippen molar-refractivity contribution in [3.8, 4) is 0 Å². The van der Waals surface area contributed by atoms with Gasteiger partial charge in [0.1, 0.15) is 0 Å². The Labute approximate surface area is 111 Å². The van der Waals surface area contributed by atoms with Gasteiger partial charge in [-0.2, -0.15) is 0 Å². The van der Waals surface area contributed by atoms with Crippen LogP contribution in [-0.4, -0.2) is 19.3 Å². The Hall–Kier alpha value is -0.860. The highest BCUT2D eigenvalue weighted by Gasteiger charge is 2.41. The Bertz CT molecular complexity index is 433. The van der Waals surface area contributed by atoms with Gasteiger partial charge in [-0.25, -0.2) is 0 Å². The number of ether oxygens (including phenoxy) is 1. The van der Waals surface area contributed by atoms with Crippen LogP contribution < -0.4 is 5.73 Å². The molecule has 100 valence electrons. The minimum absolute atomic E-state index is 0.218. The summed E-state index contributed by atoms with van der Waals surface area (Å²) in [6.45, 7) is 10.4. The van der Waals surface area contributed by atoms with Crippen LogP contribution in [0.3, 0.4) is 0 Å². The van der Waals surface area contributed by atoms with Crippen molar-refractivity contribution in [2.75, 3.05) is 13.2 Å². The van der Waals surface area contributed by atoms with Crippen LogP contribution in [0.25, 0.3) is 0 Å². The molecular weight excluding hydrogens is 222 g/mol. The van der Waals surface area contributed by atoms with Gasteiger partial charge in [-0.05, 0) is 62.8 Å². The fraction of sp³-hybridized carbons (Fsp3) is 0.625. The van der Waals surface area contributed by atoms with Crippen molar-refractivity contribution >= 4 is 0 Å². The van der Waals surface area contributed by atoms with Gasteiger partial charge in [-0.3, -0.25) is 0 Å². The lowest BCUT2D eigenvalue weighted by atomic mass is 9.72. The second-order valence-electron chi connectivity index (χ2n) is 6.04. The van der Waals surface area contributed by atoms with Gasteiger partial charge in [0, 0.05) is 11.5 Å². The molecule has 0 aromatic heterocycles. The van der Waals surface area contributed by atoms with E-state index in [1.807, 2.05) is 0 Å². The standard InChI is InChI=1S/C16H25NO/c1-11-7-13(3)15(8-12(11)2)16(9-18-10-16)6-5-14(4)17/h7-8,14H,5-6,9-10,17H2,1-4H3. The van der Waals surface area contributed by atoms with Crippen molar-refractivity contribution in [1.82, 2.24) is 0 Å². The molecule has 0 aliphatic carbocycles. The van der Waals surface area contributed by atoms with Gasteiger partial charge in [0.25, 0.3) is 0 Å². The average molecular weight is 247 g/mol. The number of rotatable bonds is 4. The lowest BCUT2D eigenvalue weighted by Crippen LogP contribution is -2.48. The highest BCUT2D eigenvalue weighted by atomic mass is 16.5. The molecule has 0 spiro atoms. The van der Waals surface area contributed by atoms with Gasteiger partial charge in [0.15, 0.2) is 0 Å². The van der Waals surface area contributed by atoms with E-state index >= 15 is 0 Å². The fourth-order valence-electron chi connectivity index (χ4n) is 2.82. The summed E-state index contributed by atoms with van der Waals surface area (Å²) in [5.74, 6) is 0. The van der Waals surface area contributed by atoms with Crippen LogP contribution in [0, 0.1) is 20.8 Å². The van der Waals surface area contributed by atoms with E-state index in [2.05, 4.69) is 39.8 Å². The Morgan fingerprint density at radius 3 is 2.28 bits per heavy atom. The van der Waals surface area contributed by atoms with E-state index in [1.165, 1.54) is 22.3 Å². The molecule has 2 heteroatoms. The number of hydrogen-bond donors (Lipinski definition) is 1. The van der Waals surface area contributed by atoms with E-state index < -0.39 is 0 Å². The third-order valence-corrected chi connectivity index (χ3v) is 4.25. The number of hydrogen-bond acceptors (Lipinski definition) is 2. The smallest absolute Gasteiger partial charge is 0.0585 e. The zero-order valence-corrected chi connectivity index (χ0v) is 12.0. The predicted octanol–water partition coefficient (Wildman–Crippen LogP) is 3.01. The van der Waals surface area contributed by atoms with Gasteiger partial charge < -0.3 is 10.5 Å². The molecule has 1 aromatic rings. The van der Waals surface area contributed by atoms with Gasteiger partial charge >= 0.3 is 0 Å². The van der Waals surface area contributed by atoms with E-state index in [0.29, 0.717) is 0 Å². The average Bonchev–Trinajstić information content (AvgIpc) is 2.23. The maximum Gasteiger partial charge on any atom is 0.0585 e. The SMILES string of the molecule is Cc1cc(C)c(C2(CCC(C)N)COC2)cc1C. The van der Waals surface area contributed by atoms with Crippen molar-refractivity contribution in [2.45, 2.75) is 52.0 Å². The second kappa shape index (κ2) is 5.02. The molecule has 1 aromatic carbocycles. The van der Waals surface area contributed by atoms with Gasteiger partial charge in [0.05, 0.1) is 13.2 Å². The Morgan fingerprint density at radius 1 is 1.17 bits per heavy atom. The summed E-state index contributed by atoms with van der Waals surface area (Å²) < 4.78 is 5.51. The molecule has 1 aliphatic rings. The monoisotopic (exact) mass is 247 g/mol. The lowest BCUT2D eigenvalue weighted by Gasteiger charge is -2.43. The Morgan fingerprint density at radius 2 is 1.78 bits per heavy atom. The van der Waals surface area contributed by atoms with Crippen molar-refractivity contribution in [3.63, 3.8) is 0 Å². The van der Waals surface area contributed by atoms with E-state index in [9.17, 15) is 0 Å². The normalized spacial score (nSPS) is 19.4. The molecule has 0 radical (unpaired) electrons. The van der Waals surface area contributed by atoms with Crippen LogP contribution in [0.4, 0.5) is 0 Å². The first-order chi connectivity index (χ1) is 8.44. The van der Waals surface area contributed by atoms with E-state index in [0.717, 1.165) is 26.1 Å². The first-order valence-corrected chi connectivity index (χ1v) is 6.86. The molecule has 18 heavy (non-hydrogen) atoms. The largest absolute Gasteiger partial charge is 0.379 e. The molecule has 2 rings (SSSR count). The molecule has 2 nitrogen and oxygen atoms in total. The van der Waals surface area contributed by atoms with Crippen molar-refractivity contribution in [3.05, 3.63) is 34.4 Å². The summed E-state index contributed by atoms with van der Waals surface area (Å²) in [4.78, 5) is 0. The summed E-state index contributed by atoms with van der Waals surface area (Å²) in [6.07, 6.45) is 2.20. The number of benzene rings is 1. The third-order valence-electron chi connectivity index (χ3n) is 4.25. The van der Waals surface area contributed by atoms with Crippen LogP contribution in [0.5, 0.6) is 0 Å². The maximum absolute atomic E-state index is 5.91. The highest BCUT2D eigenvalue weighted by molar-refractivity contribution is 5.42. The molecule has 1 saturated heterocycles. The first kappa shape index (κ1) is 13.6. The van der Waals surface area contributed by atoms with E-state index in [1.54, 1.807) is 0 Å².